The third-order valence-corrected chi connectivity index (χ3v) is 12.0. The lowest BCUT2D eigenvalue weighted by molar-refractivity contribution is -0.130. The number of H-pyrrole nitrogens is 1. The van der Waals surface area contributed by atoms with E-state index in [2.05, 4.69) is 30.6 Å². The van der Waals surface area contributed by atoms with Crippen molar-refractivity contribution in [2.45, 2.75) is 76.3 Å². The average molecular weight is 803 g/mol. The van der Waals surface area contributed by atoms with Crippen molar-refractivity contribution in [2.24, 2.45) is 11.8 Å². The fourth-order valence-corrected chi connectivity index (χ4v) is 8.51. The molecule has 15 nitrogen and oxygen atoms in total. The van der Waals surface area contributed by atoms with Crippen molar-refractivity contribution in [1.29, 1.82) is 0 Å². The van der Waals surface area contributed by atoms with Crippen LogP contribution in [0.25, 0.3) is 22.5 Å². The fourth-order valence-electron chi connectivity index (χ4n) is 7.07. The molecule has 1 saturated carbocycles. The smallest absolute Gasteiger partial charge is 0.439 e. The van der Waals surface area contributed by atoms with E-state index in [0.29, 0.717) is 43.9 Å². The number of nitrogens with zero attached hydrogens (tertiary/aromatic N) is 2. The molecule has 1 unspecified atom stereocenters. The number of carbonyl (C=O) groups is 3. The van der Waals surface area contributed by atoms with Crippen LogP contribution < -0.4 is 21.7 Å². The maximum atomic E-state index is 14.0. The van der Waals surface area contributed by atoms with Crippen molar-refractivity contribution < 1.29 is 36.8 Å². The topological polar surface area (TPSA) is 202 Å². The number of nitrogens with one attached hydrogen (secondary N) is 4. The number of morpholine rings is 1. The highest BCUT2D eigenvalue weighted by Crippen LogP contribution is 2.31. The number of carbonyl (C=O) groups excluding carboxylic acids is 3. The van der Waals surface area contributed by atoms with Crippen molar-refractivity contribution in [3.63, 3.8) is 0 Å². The quantitative estimate of drug-likeness (QED) is 0.151. The minimum atomic E-state index is -3.73. The first-order chi connectivity index (χ1) is 27.1. The first-order valence-corrected chi connectivity index (χ1v) is 20.6. The van der Waals surface area contributed by atoms with E-state index in [-0.39, 0.29) is 48.0 Å². The molecule has 3 aromatic carbocycles. The number of sulfonamides is 1. The second-order valence-corrected chi connectivity index (χ2v) is 17.5. The number of alkyl carbamates (subject to hydrolysis) is 1. The van der Waals surface area contributed by atoms with Gasteiger partial charge in [0.25, 0.3) is 0 Å². The van der Waals surface area contributed by atoms with Gasteiger partial charge in [-0.1, -0.05) is 35.5 Å². The van der Waals surface area contributed by atoms with Gasteiger partial charge >= 0.3 is 11.8 Å². The van der Waals surface area contributed by atoms with Gasteiger partial charge in [-0.3, -0.25) is 19.1 Å². The van der Waals surface area contributed by atoms with Gasteiger partial charge in [-0.2, -0.15) is 4.31 Å². The summed E-state index contributed by atoms with van der Waals surface area (Å²) in [7, 11) is -3.73. The molecule has 1 atom stereocenters. The zero-order valence-corrected chi connectivity index (χ0v) is 33.4. The highest BCUT2D eigenvalue weighted by Gasteiger charge is 2.31. The van der Waals surface area contributed by atoms with Gasteiger partial charge in [0.05, 0.1) is 18.1 Å². The molecule has 1 aliphatic carbocycles. The highest BCUT2D eigenvalue weighted by molar-refractivity contribution is 7.89. The molecule has 0 radical (unpaired) electrons. The first kappa shape index (κ1) is 41.3. The molecule has 16 heteroatoms. The summed E-state index contributed by atoms with van der Waals surface area (Å²) >= 11 is 0. The van der Waals surface area contributed by atoms with E-state index in [4.69, 9.17) is 9.47 Å². The predicted molar refractivity (Wildman–Crippen MR) is 213 cm³/mol. The number of anilines is 1. The summed E-state index contributed by atoms with van der Waals surface area (Å²) in [6, 6.07) is 18.3. The summed E-state index contributed by atoms with van der Waals surface area (Å²) < 4.78 is 43.8. The second kappa shape index (κ2) is 17.9. The molecule has 2 aliphatic rings. The Morgan fingerprint density at radius 1 is 0.965 bits per heavy atom. The van der Waals surface area contributed by atoms with Crippen LogP contribution in [0, 0.1) is 18.8 Å². The number of amides is 3. The van der Waals surface area contributed by atoms with Gasteiger partial charge in [0.2, 0.25) is 21.8 Å². The summed E-state index contributed by atoms with van der Waals surface area (Å²) in [5, 5.41) is 12.5. The molecule has 57 heavy (non-hydrogen) atoms. The van der Waals surface area contributed by atoms with Crippen LogP contribution in [0.5, 0.6) is 0 Å². The second-order valence-electron chi connectivity index (χ2n) is 15.6. The number of rotatable bonds is 12. The van der Waals surface area contributed by atoms with Crippen LogP contribution >= 0.6 is 0 Å². The minimum absolute atomic E-state index is 0.156. The van der Waals surface area contributed by atoms with E-state index >= 15 is 0 Å². The van der Waals surface area contributed by atoms with Crippen molar-refractivity contribution in [3.05, 3.63) is 88.4 Å². The zero-order chi connectivity index (χ0) is 40.7. The Morgan fingerprint density at radius 2 is 1.68 bits per heavy atom. The molecule has 2 heterocycles. The molecular weight excluding hydrogens is 753 g/mol. The molecule has 4 aromatic rings. The summed E-state index contributed by atoms with van der Waals surface area (Å²) in [5.74, 6) is -1.21. The number of hydrogen-bond acceptors (Lipinski definition) is 10. The van der Waals surface area contributed by atoms with E-state index in [1.54, 1.807) is 42.5 Å². The Balaban J connectivity index is 1.18. The average Bonchev–Trinajstić information content (AvgIpc) is 3.63. The molecule has 0 bridgehead atoms. The van der Waals surface area contributed by atoms with Gasteiger partial charge in [0.15, 0.2) is 5.82 Å². The Labute approximate surface area is 331 Å². The molecule has 1 aromatic heterocycles. The lowest BCUT2D eigenvalue weighted by Crippen LogP contribution is -2.48. The van der Waals surface area contributed by atoms with Crippen LogP contribution in [0.1, 0.15) is 57.6 Å². The van der Waals surface area contributed by atoms with Gasteiger partial charge in [-0.25, -0.2) is 18.0 Å². The molecule has 1 aliphatic heterocycles. The van der Waals surface area contributed by atoms with Crippen molar-refractivity contribution in [3.8, 4) is 22.5 Å². The maximum Gasteiger partial charge on any atom is 0.439 e. The maximum absolute atomic E-state index is 14.0. The van der Waals surface area contributed by atoms with Gasteiger partial charge in [-0.15, -0.1) is 0 Å². The molecule has 4 N–H and O–H groups in total. The zero-order valence-electron chi connectivity index (χ0n) is 32.6. The van der Waals surface area contributed by atoms with Crippen molar-refractivity contribution in [2.75, 3.05) is 38.2 Å². The lowest BCUT2D eigenvalue weighted by atomic mass is 9.81. The molecule has 1 saturated heterocycles. The Kier molecular flexibility index (Phi) is 12.9. The van der Waals surface area contributed by atoms with Gasteiger partial charge < -0.3 is 25.4 Å². The third-order valence-electron chi connectivity index (χ3n) is 10.1. The molecule has 2 fully saturated rings. The van der Waals surface area contributed by atoms with Crippen LogP contribution in [0.4, 0.5) is 10.5 Å². The monoisotopic (exact) mass is 802 g/mol. The molecule has 6 rings (SSSR count). The predicted octanol–water partition coefficient (Wildman–Crippen LogP) is 5.02. The largest absolute Gasteiger partial charge is 0.444 e. The molecular formula is C41H50N6O9S. The molecule has 3 amide bonds. The summed E-state index contributed by atoms with van der Waals surface area (Å²) in [5.41, 5.74) is 3.60. The van der Waals surface area contributed by atoms with Crippen molar-refractivity contribution in [1.82, 2.24) is 25.1 Å². The van der Waals surface area contributed by atoms with E-state index in [9.17, 15) is 27.6 Å². The Hall–Kier alpha value is -5.32. The molecule has 304 valence electrons. The fraction of sp³-hybridized carbons (Fsp3) is 0.439. The third kappa shape index (κ3) is 11.0. The van der Waals surface area contributed by atoms with E-state index in [1.165, 1.54) is 4.31 Å². The standard InChI is InChI=1S/C41H50N6O9S/c1-26-8-17-33(57(52,53)47-18-20-54-21-19-47)24-34(26)31-7-5-6-28(22-31)23-35(38(49)43-32-15-13-29(14-16-32)36-45-40(51)56-46-36)44-37(48)30-11-9-27(10-12-30)25-42-39(50)55-41(2,3)4/h5-8,13-17,22,24,27,30,35H,9-12,18-21,23,25H2,1-4H3,(H,42,50)(H,43,49)(H,44,48)(H,45,46,51). The van der Waals surface area contributed by atoms with Crippen LogP contribution in [0.15, 0.2) is 80.9 Å². The number of aromatic amines is 1. The normalized spacial score (nSPS) is 18.3. The number of hydrogen-bond donors (Lipinski definition) is 4. The lowest BCUT2D eigenvalue weighted by Gasteiger charge is -2.29. The van der Waals surface area contributed by atoms with E-state index in [1.807, 2.05) is 52.0 Å². The van der Waals surface area contributed by atoms with Crippen molar-refractivity contribution >= 4 is 33.6 Å². The summed E-state index contributed by atoms with van der Waals surface area (Å²) in [6.07, 6.45) is 2.36. The van der Waals surface area contributed by atoms with Crippen LogP contribution in [-0.2, 0) is 35.5 Å². The van der Waals surface area contributed by atoms with E-state index in [0.717, 1.165) is 35.1 Å². The van der Waals surface area contributed by atoms with Gasteiger partial charge in [0, 0.05) is 43.2 Å². The number of ether oxygens (including phenoxy) is 2. The minimum Gasteiger partial charge on any atom is -0.444 e. The van der Waals surface area contributed by atoms with Gasteiger partial charge in [-0.05, 0) is 118 Å². The summed E-state index contributed by atoms with van der Waals surface area (Å²) in [4.78, 5) is 54.0. The Morgan fingerprint density at radius 3 is 2.35 bits per heavy atom. The number of benzene rings is 3. The summed E-state index contributed by atoms with van der Waals surface area (Å²) in [6.45, 7) is 9.06. The van der Waals surface area contributed by atoms with Crippen LogP contribution in [-0.4, -0.2) is 85.3 Å². The number of aromatic nitrogens is 2. The van der Waals surface area contributed by atoms with E-state index < -0.39 is 39.4 Å². The SMILES string of the molecule is Cc1ccc(S(=O)(=O)N2CCOCC2)cc1-c1cccc(CC(NC(=O)C2CCC(CNC(=O)OC(C)(C)C)CC2)C(=O)Nc2ccc(-c3noc(=O)[nH]3)cc2)c1. The number of aryl methyl sites for hydroxylation is 1. The highest BCUT2D eigenvalue weighted by atomic mass is 32.2. The van der Waals surface area contributed by atoms with Crippen LogP contribution in [0.2, 0.25) is 0 Å². The van der Waals surface area contributed by atoms with Crippen LogP contribution in [0.3, 0.4) is 0 Å². The molecule has 0 spiro atoms. The Bertz CT molecular complexity index is 2220. The first-order valence-electron chi connectivity index (χ1n) is 19.2. The van der Waals surface area contributed by atoms with Gasteiger partial charge in [0.1, 0.15) is 11.6 Å².